The van der Waals surface area contributed by atoms with Crippen molar-refractivity contribution in [1.29, 1.82) is 5.26 Å². The molecule has 0 saturated heterocycles. The number of carbonyl (C=O) groups is 2. The topological polar surface area (TPSA) is 85.6 Å². The summed E-state index contributed by atoms with van der Waals surface area (Å²) in [6.07, 6.45) is 0. The van der Waals surface area contributed by atoms with Crippen LogP contribution in [0, 0.1) is 11.3 Å². The van der Waals surface area contributed by atoms with Crippen LogP contribution in [0.5, 0.6) is 11.5 Å². The van der Waals surface area contributed by atoms with Crippen LogP contribution in [0.1, 0.15) is 33.2 Å². The predicted molar refractivity (Wildman–Crippen MR) is 94.9 cm³/mol. The van der Waals surface area contributed by atoms with E-state index >= 15 is 0 Å². The summed E-state index contributed by atoms with van der Waals surface area (Å²) in [4.78, 5) is 24.5. The monoisotopic (exact) mass is 373 g/mol. The largest absolute Gasteiger partial charge is 0.493 e. The Morgan fingerprint density at radius 2 is 1.88 bits per heavy atom. The summed E-state index contributed by atoms with van der Waals surface area (Å²) in [5.41, 5.74) is 0.600. The van der Waals surface area contributed by atoms with Crippen LogP contribution in [-0.2, 0) is 4.74 Å². The lowest BCUT2D eigenvalue weighted by molar-refractivity contribution is 0.0470. The molecule has 0 aromatic heterocycles. The molecule has 134 valence electrons. The molecular formula is C19H16ClNO5. The van der Waals surface area contributed by atoms with E-state index in [0.29, 0.717) is 10.6 Å². The smallest absolute Gasteiger partial charge is 0.342 e. The van der Waals surface area contributed by atoms with Crippen molar-refractivity contribution in [3.8, 4) is 17.6 Å². The van der Waals surface area contributed by atoms with Gasteiger partial charge < -0.3 is 14.2 Å². The van der Waals surface area contributed by atoms with E-state index in [-0.39, 0.29) is 35.0 Å². The van der Waals surface area contributed by atoms with Gasteiger partial charge in [0.25, 0.3) is 0 Å². The van der Waals surface area contributed by atoms with Gasteiger partial charge in [-0.05, 0) is 37.3 Å². The summed E-state index contributed by atoms with van der Waals surface area (Å²) in [5, 5.41) is 9.61. The standard InChI is InChI=1S/C19H16ClNO5/c1-3-25-18-15(8-12(10-21)9-17(18)24-2)19(23)26-11-16(22)13-4-6-14(20)7-5-13/h4-9H,3,11H2,1-2H3. The Balaban J connectivity index is 2.21. The lowest BCUT2D eigenvalue weighted by Crippen LogP contribution is -2.15. The molecule has 2 aromatic rings. The molecule has 0 unspecified atom stereocenters. The number of esters is 1. The number of rotatable bonds is 7. The minimum absolute atomic E-state index is 0.0201. The van der Waals surface area contributed by atoms with Gasteiger partial charge in [-0.25, -0.2) is 4.79 Å². The number of nitrogens with zero attached hydrogens (tertiary/aromatic N) is 1. The SMILES string of the molecule is CCOc1c(OC)cc(C#N)cc1C(=O)OCC(=O)c1ccc(Cl)cc1. The van der Waals surface area contributed by atoms with E-state index in [4.69, 9.17) is 31.1 Å². The summed E-state index contributed by atoms with van der Waals surface area (Å²) in [5.74, 6) is -0.762. The Hall–Kier alpha value is -3.04. The molecule has 0 heterocycles. The normalized spacial score (nSPS) is 9.92. The number of halogens is 1. The first kappa shape index (κ1) is 19.3. The van der Waals surface area contributed by atoms with Gasteiger partial charge in [0.15, 0.2) is 23.9 Å². The van der Waals surface area contributed by atoms with Crippen molar-refractivity contribution in [2.24, 2.45) is 0 Å². The van der Waals surface area contributed by atoms with Crippen LogP contribution < -0.4 is 9.47 Å². The van der Waals surface area contributed by atoms with E-state index in [0.717, 1.165) is 0 Å². The molecule has 2 rings (SSSR count). The second kappa shape index (κ2) is 8.88. The van der Waals surface area contributed by atoms with E-state index in [1.54, 1.807) is 31.2 Å². The second-order valence-corrected chi connectivity index (χ2v) is 5.54. The van der Waals surface area contributed by atoms with Crippen LogP contribution in [0.2, 0.25) is 5.02 Å². The maximum atomic E-state index is 12.4. The first-order valence-corrected chi connectivity index (χ1v) is 8.08. The molecule has 7 heteroatoms. The average molecular weight is 374 g/mol. The summed E-state index contributed by atoms with van der Waals surface area (Å²) in [7, 11) is 1.40. The lowest BCUT2D eigenvalue weighted by Gasteiger charge is -2.14. The van der Waals surface area contributed by atoms with E-state index in [1.807, 2.05) is 6.07 Å². The molecule has 0 bridgehead atoms. The van der Waals surface area contributed by atoms with Gasteiger partial charge in [-0.2, -0.15) is 5.26 Å². The van der Waals surface area contributed by atoms with Crippen LogP contribution >= 0.6 is 11.6 Å². The zero-order chi connectivity index (χ0) is 19.1. The molecule has 0 radical (unpaired) electrons. The fraction of sp³-hybridized carbons (Fsp3) is 0.211. The molecule has 6 nitrogen and oxygen atoms in total. The number of Topliss-reactive ketones (excluding diaryl/α,β-unsaturated/α-hetero) is 1. The van der Waals surface area contributed by atoms with Gasteiger partial charge in [0, 0.05) is 16.7 Å². The predicted octanol–water partition coefficient (Wildman–Crippen LogP) is 3.66. The van der Waals surface area contributed by atoms with E-state index in [1.165, 1.54) is 19.2 Å². The molecular weight excluding hydrogens is 358 g/mol. The summed E-state index contributed by atoms with van der Waals surface area (Å²) in [6.45, 7) is 1.58. The molecule has 26 heavy (non-hydrogen) atoms. The minimum Gasteiger partial charge on any atom is -0.493 e. The van der Waals surface area contributed by atoms with Gasteiger partial charge >= 0.3 is 5.97 Å². The fourth-order valence-electron chi connectivity index (χ4n) is 2.19. The van der Waals surface area contributed by atoms with Gasteiger partial charge in [0.1, 0.15) is 5.56 Å². The third-order valence-corrected chi connectivity index (χ3v) is 3.66. The Bertz CT molecular complexity index is 855. The first-order valence-electron chi connectivity index (χ1n) is 7.71. The molecule has 2 aromatic carbocycles. The van der Waals surface area contributed by atoms with Crippen LogP contribution in [0.3, 0.4) is 0 Å². The average Bonchev–Trinajstić information content (AvgIpc) is 2.66. The number of ether oxygens (including phenoxy) is 3. The van der Waals surface area contributed by atoms with Crippen LogP contribution in [0.4, 0.5) is 0 Å². The molecule has 0 N–H and O–H groups in total. The zero-order valence-electron chi connectivity index (χ0n) is 14.2. The van der Waals surface area contributed by atoms with Gasteiger partial charge in [0.2, 0.25) is 0 Å². The highest BCUT2D eigenvalue weighted by Gasteiger charge is 2.21. The van der Waals surface area contributed by atoms with Crippen LogP contribution in [0.25, 0.3) is 0 Å². The van der Waals surface area contributed by atoms with Gasteiger partial charge in [-0.15, -0.1) is 0 Å². The van der Waals surface area contributed by atoms with Crippen molar-refractivity contribution in [2.45, 2.75) is 6.92 Å². The van der Waals surface area contributed by atoms with Crippen molar-refractivity contribution in [1.82, 2.24) is 0 Å². The molecule has 0 aliphatic heterocycles. The molecule has 0 spiro atoms. The van der Waals surface area contributed by atoms with Crippen molar-refractivity contribution in [3.63, 3.8) is 0 Å². The molecule has 0 aliphatic rings. The second-order valence-electron chi connectivity index (χ2n) is 5.11. The highest BCUT2D eigenvalue weighted by molar-refractivity contribution is 6.30. The van der Waals surface area contributed by atoms with Gasteiger partial charge in [-0.1, -0.05) is 11.6 Å². The fourth-order valence-corrected chi connectivity index (χ4v) is 2.32. The third kappa shape index (κ3) is 4.52. The molecule has 0 atom stereocenters. The summed E-state index contributed by atoms with van der Waals surface area (Å²) >= 11 is 5.78. The quantitative estimate of drug-likeness (QED) is 0.544. The summed E-state index contributed by atoms with van der Waals surface area (Å²) in [6, 6.07) is 11.0. The highest BCUT2D eigenvalue weighted by Crippen LogP contribution is 2.33. The Labute approximate surface area is 155 Å². The van der Waals surface area contributed by atoms with Crippen molar-refractivity contribution < 1.29 is 23.8 Å². The lowest BCUT2D eigenvalue weighted by atomic mass is 10.1. The Morgan fingerprint density at radius 3 is 2.46 bits per heavy atom. The van der Waals surface area contributed by atoms with Crippen molar-refractivity contribution in [2.75, 3.05) is 20.3 Å². The number of hydrogen-bond donors (Lipinski definition) is 0. The Kier molecular flexibility index (Phi) is 6.59. The molecule has 0 saturated carbocycles. The third-order valence-electron chi connectivity index (χ3n) is 3.41. The van der Waals surface area contributed by atoms with Crippen LogP contribution in [0.15, 0.2) is 36.4 Å². The van der Waals surface area contributed by atoms with Gasteiger partial charge in [0.05, 0.1) is 25.3 Å². The van der Waals surface area contributed by atoms with Crippen molar-refractivity contribution in [3.05, 3.63) is 58.1 Å². The number of methoxy groups -OCH3 is 1. The summed E-state index contributed by atoms with van der Waals surface area (Å²) < 4.78 is 15.7. The maximum Gasteiger partial charge on any atom is 0.342 e. The molecule has 0 fully saturated rings. The van der Waals surface area contributed by atoms with E-state index in [2.05, 4.69) is 0 Å². The first-order chi connectivity index (χ1) is 12.5. The Morgan fingerprint density at radius 1 is 1.19 bits per heavy atom. The van der Waals surface area contributed by atoms with E-state index in [9.17, 15) is 9.59 Å². The number of carbonyl (C=O) groups excluding carboxylic acids is 2. The minimum atomic E-state index is -0.786. The number of benzene rings is 2. The highest BCUT2D eigenvalue weighted by atomic mass is 35.5. The molecule has 0 aliphatic carbocycles. The maximum absolute atomic E-state index is 12.4. The van der Waals surface area contributed by atoms with Crippen LogP contribution in [-0.4, -0.2) is 32.1 Å². The molecule has 0 amide bonds. The number of nitriles is 1. The van der Waals surface area contributed by atoms with Crippen molar-refractivity contribution >= 4 is 23.4 Å². The number of ketones is 1. The number of hydrogen-bond acceptors (Lipinski definition) is 6. The van der Waals surface area contributed by atoms with E-state index < -0.39 is 12.6 Å². The van der Waals surface area contributed by atoms with Gasteiger partial charge in [-0.3, -0.25) is 4.79 Å². The zero-order valence-corrected chi connectivity index (χ0v) is 15.0.